The van der Waals surface area contributed by atoms with Crippen molar-refractivity contribution in [3.63, 3.8) is 0 Å². The predicted octanol–water partition coefficient (Wildman–Crippen LogP) is 7.72. The Balaban J connectivity index is 1.47. The number of hydrogen-bond acceptors (Lipinski definition) is 4. The molecule has 204 valence electrons. The van der Waals surface area contributed by atoms with E-state index < -0.39 is 11.7 Å². The van der Waals surface area contributed by atoms with Crippen molar-refractivity contribution in [2.45, 2.75) is 29.1 Å². The highest BCUT2D eigenvalue weighted by atomic mass is 79.9. The lowest BCUT2D eigenvalue weighted by molar-refractivity contribution is -0.137. The number of methoxy groups -OCH3 is 1. The van der Waals surface area contributed by atoms with Crippen molar-refractivity contribution in [3.8, 4) is 5.75 Å². The van der Waals surface area contributed by atoms with Crippen molar-refractivity contribution in [1.29, 1.82) is 0 Å². The van der Waals surface area contributed by atoms with Gasteiger partial charge >= 0.3 is 6.18 Å². The molecule has 10 heteroatoms. The van der Waals surface area contributed by atoms with Crippen LogP contribution in [0.4, 0.5) is 18.9 Å². The summed E-state index contributed by atoms with van der Waals surface area (Å²) in [5.74, 6) is -0.0235. The molecule has 1 N–H and O–H groups in total. The summed E-state index contributed by atoms with van der Waals surface area (Å²) < 4.78 is 45.5. The fraction of sp³-hybridized carbons (Fsp3) is 0.133. The molecule has 1 aliphatic rings. The second-order valence-corrected chi connectivity index (χ2v) is 11.0. The quantitative estimate of drug-likeness (QED) is 0.238. The van der Waals surface area contributed by atoms with E-state index in [1.54, 1.807) is 43.5 Å². The van der Waals surface area contributed by atoms with Crippen LogP contribution in [0.2, 0.25) is 0 Å². The number of anilines is 1. The highest BCUT2D eigenvalue weighted by Crippen LogP contribution is 2.42. The average molecular weight is 627 g/mol. The van der Waals surface area contributed by atoms with Crippen molar-refractivity contribution in [3.05, 3.63) is 117 Å². The van der Waals surface area contributed by atoms with E-state index in [2.05, 4.69) is 21.2 Å². The third-order valence-corrected chi connectivity index (χ3v) is 8.03. The average Bonchev–Trinajstić information content (AvgIpc) is 3.05. The molecular formula is C30H22BrF3N2O3S. The zero-order chi connectivity index (χ0) is 28.4. The molecular weight excluding hydrogens is 605 g/mol. The van der Waals surface area contributed by atoms with Crippen molar-refractivity contribution in [2.75, 3.05) is 12.0 Å². The Bertz CT molecular complexity index is 1590. The summed E-state index contributed by atoms with van der Waals surface area (Å²) in [7, 11) is 1.55. The van der Waals surface area contributed by atoms with Gasteiger partial charge in [0.25, 0.3) is 11.8 Å². The Morgan fingerprint density at radius 1 is 0.975 bits per heavy atom. The normalized spacial score (nSPS) is 12.8. The zero-order valence-corrected chi connectivity index (χ0v) is 23.5. The van der Waals surface area contributed by atoms with Gasteiger partial charge in [-0.15, -0.1) is 0 Å². The number of alkyl halides is 3. The summed E-state index contributed by atoms with van der Waals surface area (Å²) in [5.41, 5.74) is 1.85. The molecule has 0 fully saturated rings. The summed E-state index contributed by atoms with van der Waals surface area (Å²) in [5, 5.41) is 2.90. The number of amides is 2. The van der Waals surface area contributed by atoms with Gasteiger partial charge in [0.05, 0.1) is 30.5 Å². The van der Waals surface area contributed by atoms with Gasteiger partial charge < -0.3 is 15.0 Å². The molecule has 1 heterocycles. The van der Waals surface area contributed by atoms with Crippen LogP contribution in [0, 0.1) is 0 Å². The van der Waals surface area contributed by atoms with Crippen LogP contribution in [-0.2, 0) is 19.3 Å². The Morgan fingerprint density at radius 3 is 2.45 bits per heavy atom. The fourth-order valence-corrected chi connectivity index (χ4v) is 5.83. The first-order chi connectivity index (χ1) is 19.1. The standard InChI is InChI=1S/C30H22BrF3N2O3S/c1-39-25-12-11-22(31)14-20(25)16-35-28(37)19-8-13-27-24(15-19)36(29(38)23-4-2-3-5-26(23)40-27)17-18-6-9-21(10-7-18)30(32,33)34/h2-15H,16-17H2,1H3,(H,35,37). The van der Waals surface area contributed by atoms with Gasteiger partial charge in [0.1, 0.15) is 5.75 Å². The molecule has 0 bridgehead atoms. The van der Waals surface area contributed by atoms with Gasteiger partial charge in [0, 0.05) is 31.9 Å². The maximum absolute atomic E-state index is 13.7. The molecule has 5 rings (SSSR count). The lowest BCUT2D eigenvalue weighted by Gasteiger charge is -2.24. The van der Waals surface area contributed by atoms with Crippen molar-refractivity contribution in [1.82, 2.24) is 5.32 Å². The first-order valence-electron chi connectivity index (χ1n) is 12.1. The van der Waals surface area contributed by atoms with Crippen LogP contribution in [0.5, 0.6) is 5.75 Å². The van der Waals surface area contributed by atoms with E-state index in [1.165, 1.54) is 28.8 Å². The number of ether oxygens (including phenoxy) is 1. The number of carbonyl (C=O) groups excluding carboxylic acids is 2. The maximum atomic E-state index is 13.7. The zero-order valence-electron chi connectivity index (χ0n) is 21.1. The number of fused-ring (bicyclic) bond motifs is 2. The van der Waals surface area contributed by atoms with Crippen LogP contribution in [0.1, 0.15) is 37.4 Å². The van der Waals surface area contributed by atoms with E-state index in [1.807, 2.05) is 24.3 Å². The van der Waals surface area contributed by atoms with Gasteiger partial charge in [-0.2, -0.15) is 13.2 Å². The van der Waals surface area contributed by atoms with E-state index in [0.29, 0.717) is 28.1 Å². The summed E-state index contributed by atoms with van der Waals surface area (Å²) in [6.45, 7) is 0.242. The first kappa shape index (κ1) is 27.8. The summed E-state index contributed by atoms with van der Waals surface area (Å²) in [4.78, 5) is 29.9. The second kappa shape index (κ2) is 11.4. The first-order valence-corrected chi connectivity index (χ1v) is 13.7. The third kappa shape index (κ3) is 5.88. The van der Waals surface area contributed by atoms with E-state index in [0.717, 1.165) is 32.0 Å². The van der Waals surface area contributed by atoms with Crippen LogP contribution in [0.3, 0.4) is 0 Å². The van der Waals surface area contributed by atoms with Crippen LogP contribution in [0.15, 0.2) is 99.2 Å². The van der Waals surface area contributed by atoms with Gasteiger partial charge in [0.2, 0.25) is 0 Å². The SMILES string of the molecule is COc1ccc(Br)cc1CNC(=O)c1ccc2c(c1)N(Cc1ccc(C(F)(F)F)cc1)C(=O)c1ccccc1S2. The van der Waals surface area contributed by atoms with E-state index >= 15 is 0 Å². The summed E-state index contributed by atoms with van der Waals surface area (Å²) in [6.07, 6.45) is -4.46. The molecule has 1 aliphatic heterocycles. The monoisotopic (exact) mass is 626 g/mol. The minimum absolute atomic E-state index is 0.0270. The largest absolute Gasteiger partial charge is 0.496 e. The lowest BCUT2D eigenvalue weighted by atomic mass is 10.1. The van der Waals surface area contributed by atoms with Crippen molar-refractivity contribution >= 4 is 45.2 Å². The van der Waals surface area contributed by atoms with Crippen LogP contribution < -0.4 is 15.0 Å². The molecule has 0 unspecified atom stereocenters. The predicted molar refractivity (Wildman–Crippen MR) is 151 cm³/mol. The number of carbonyl (C=O) groups is 2. The molecule has 0 aromatic heterocycles. The number of nitrogens with one attached hydrogen (secondary N) is 1. The Labute approximate surface area is 241 Å². The maximum Gasteiger partial charge on any atom is 0.416 e. The van der Waals surface area contributed by atoms with Gasteiger partial charge in [-0.05, 0) is 66.2 Å². The smallest absolute Gasteiger partial charge is 0.416 e. The summed E-state index contributed by atoms with van der Waals surface area (Å²) in [6, 6.07) is 22.5. The van der Waals surface area contributed by atoms with Gasteiger partial charge in [0.15, 0.2) is 0 Å². The second-order valence-electron chi connectivity index (χ2n) is 9.01. The molecule has 5 nitrogen and oxygen atoms in total. The number of hydrogen-bond donors (Lipinski definition) is 1. The molecule has 0 aliphatic carbocycles. The topological polar surface area (TPSA) is 58.6 Å². The molecule has 0 spiro atoms. The van der Waals surface area contributed by atoms with Crippen LogP contribution in [-0.4, -0.2) is 18.9 Å². The Hall–Kier alpha value is -3.76. The van der Waals surface area contributed by atoms with E-state index in [4.69, 9.17) is 4.74 Å². The number of halogens is 4. The van der Waals surface area contributed by atoms with Gasteiger partial charge in [-0.3, -0.25) is 9.59 Å². The van der Waals surface area contributed by atoms with E-state index in [-0.39, 0.29) is 24.9 Å². The van der Waals surface area contributed by atoms with Crippen LogP contribution >= 0.6 is 27.7 Å². The minimum Gasteiger partial charge on any atom is -0.496 e. The molecule has 2 amide bonds. The molecule has 4 aromatic rings. The van der Waals surface area contributed by atoms with Crippen molar-refractivity contribution in [2.24, 2.45) is 0 Å². The van der Waals surface area contributed by atoms with Crippen LogP contribution in [0.25, 0.3) is 0 Å². The molecule has 0 saturated carbocycles. The lowest BCUT2D eigenvalue weighted by Crippen LogP contribution is -2.31. The molecule has 40 heavy (non-hydrogen) atoms. The molecule has 0 atom stereocenters. The number of benzene rings is 4. The highest BCUT2D eigenvalue weighted by molar-refractivity contribution is 9.10. The summed E-state index contributed by atoms with van der Waals surface area (Å²) >= 11 is 4.83. The molecule has 0 radical (unpaired) electrons. The van der Waals surface area contributed by atoms with Gasteiger partial charge in [-0.1, -0.05) is 52.0 Å². The highest BCUT2D eigenvalue weighted by Gasteiger charge is 2.31. The number of nitrogens with zero attached hydrogens (tertiary/aromatic N) is 1. The molecule has 0 saturated heterocycles. The number of rotatable bonds is 6. The Morgan fingerprint density at radius 2 is 1.73 bits per heavy atom. The van der Waals surface area contributed by atoms with Gasteiger partial charge in [-0.25, -0.2) is 0 Å². The fourth-order valence-electron chi connectivity index (χ4n) is 4.36. The minimum atomic E-state index is -4.46. The molecule has 4 aromatic carbocycles. The third-order valence-electron chi connectivity index (χ3n) is 6.40. The van der Waals surface area contributed by atoms with E-state index in [9.17, 15) is 22.8 Å². The Kier molecular flexibility index (Phi) is 7.91. The van der Waals surface area contributed by atoms with Crippen molar-refractivity contribution < 1.29 is 27.5 Å².